The molecule has 34 heavy (non-hydrogen) atoms. The van der Waals surface area contributed by atoms with Gasteiger partial charge in [-0.25, -0.2) is 13.4 Å². The third-order valence-corrected chi connectivity index (χ3v) is 8.80. The number of amides is 1. The first-order valence-corrected chi connectivity index (χ1v) is 13.2. The Labute approximate surface area is 199 Å². The van der Waals surface area contributed by atoms with E-state index >= 15 is 0 Å². The number of fused-ring (bicyclic) bond motifs is 2. The largest absolute Gasteiger partial charge is 0.345 e. The third kappa shape index (κ3) is 4.37. The van der Waals surface area contributed by atoms with Crippen LogP contribution < -0.4 is 0 Å². The molecule has 2 aromatic heterocycles. The number of Topliss-reactive ketones (excluding diaryl/α,β-unsaturated/α-hetero) is 1. The Bertz CT molecular complexity index is 1340. The summed E-state index contributed by atoms with van der Waals surface area (Å²) in [6, 6.07) is 9.35. The van der Waals surface area contributed by atoms with Crippen LogP contribution in [-0.2, 0) is 27.7 Å². The van der Waals surface area contributed by atoms with E-state index in [0.717, 1.165) is 19.3 Å². The number of rotatable bonds is 6. The average Bonchev–Trinajstić information content (AvgIpc) is 3.32. The maximum atomic E-state index is 13.1. The molecule has 9 heteroatoms. The van der Waals surface area contributed by atoms with E-state index in [1.165, 1.54) is 28.0 Å². The van der Waals surface area contributed by atoms with Crippen LogP contribution in [-0.4, -0.2) is 65.5 Å². The van der Waals surface area contributed by atoms with Crippen LogP contribution in [0.1, 0.15) is 47.2 Å². The highest BCUT2D eigenvalue weighted by Crippen LogP contribution is 2.26. The Balaban J connectivity index is 1.16. The summed E-state index contributed by atoms with van der Waals surface area (Å²) in [4.78, 5) is 34.3. The van der Waals surface area contributed by atoms with E-state index in [0.29, 0.717) is 29.7 Å². The number of pyridine rings is 1. The highest BCUT2D eigenvalue weighted by atomic mass is 32.2. The number of aryl methyl sites for hydroxylation is 2. The lowest BCUT2D eigenvalue weighted by Crippen LogP contribution is -2.50. The fourth-order valence-corrected chi connectivity index (χ4v) is 6.46. The van der Waals surface area contributed by atoms with Crippen LogP contribution in [0.3, 0.4) is 0 Å². The van der Waals surface area contributed by atoms with Gasteiger partial charge in [-0.15, -0.1) is 0 Å². The Morgan fingerprint density at radius 3 is 2.53 bits per heavy atom. The molecular formula is C25H28N4O4S. The van der Waals surface area contributed by atoms with Gasteiger partial charge in [0.25, 0.3) is 0 Å². The predicted octanol–water partition coefficient (Wildman–Crippen LogP) is 2.94. The second-order valence-corrected chi connectivity index (χ2v) is 10.9. The molecule has 0 radical (unpaired) electrons. The van der Waals surface area contributed by atoms with Gasteiger partial charge in [0.05, 0.1) is 0 Å². The maximum absolute atomic E-state index is 13.1. The van der Waals surface area contributed by atoms with Crippen molar-refractivity contribution in [1.82, 2.24) is 19.2 Å². The van der Waals surface area contributed by atoms with Crippen LogP contribution in [0.2, 0.25) is 0 Å². The summed E-state index contributed by atoms with van der Waals surface area (Å²) in [5.41, 5.74) is 3.79. The van der Waals surface area contributed by atoms with Crippen LogP contribution in [0.25, 0.3) is 11.0 Å². The molecule has 5 rings (SSSR count). The van der Waals surface area contributed by atoms with Gasteiger partial charge in [0.15, 0.2) is 5.78 Å². The zero-order valence-corrected chi connectivity index (χ0v) is 19.8. The molecule has 1 aliphatic carbocycles. The van der Waals surface area contributed by atoms with Gasteiger partial charge in [0.2, 0.25) is 15.9 Å². The molecule has 1 amide bonds. The van der Waals surface area contributed by atoms with Crippen LogP contribution in [0.15, 0.2) is 47.6 Å². The minimum Gasteiger partial charge on any atom is -0.345 e. The van der Waals surface area contributed by atoms with E-state index in [1.54, 1.807) is 23.2 Å². The molecule has 1 N–H and O–H groups in total. The number of benzene rings is 1. The number of sulfonamides is 1. The number of hydrogen-bond donors (Lipinski definition) is 1. The quantitative estimate of drug-likeness (QED) is 0.547. The summed E-state index contributed by atoms with van der Waals surface area (Å²) in [5, 5.41) is 0.557. The van der Waals surface area contributed by atoms with Crippen molar-refractivity contribution in [2.45, 2.75) is 43.4 Å². The topological polar surface area (TPSA) is 103 Å². The van der Waals surface area contributed by atoms with Crippen molar-refractivity contribution < 1.29 is 18.0 Å². The second-order valence-electron chi connectivity index (χ2n) is 8.95. The number of ketones is 1. The van der Waals surface area contributed by atoms with E-state index in [2.05, 4.69) is 9.97 Å². The minimum absolute atomic E-state index is 0.0177. The Morgan fingerprint density at radius 2 is 1.74 bits per heavy atom. The molecule has 8 nitrogen and oxygen atoms in total. The predicted molar refractivity (Wildman–Crippen MR) is 128 cm³/mol. The Kier molecular flexibility index (Phi) is 6.22. The van der Waals surface area contributed by atoms with Gasteiger partial charge in [0, 0.05) is 62.4 Å². The molecule has 0 bridgehead atoms. The molecule has 2 aliphatic rings. The molecule has 0 atom stereocenters. The standard InChI is InChI=1S/C25H28N4O4S/c30-22(20-8-7-18-4-1-2-5-19(18)16-20)9-10-24(31)28-12-14-29(15-13-28)34(32,33)23-17-27-25-21(23)6-3-11-26-25/h3,6-8,11,16-17H,1-2,4-5,9-10,12-15H2,(H,26,27). The van der Waals surface area contributed by atoms with Crippen molar-refractivity contribution in [3.8, 4) is 0 Å². The Morgan fingerprint density at radius 1 is 0.971 bits per heavy atom. The summed E-state index contributed by atoms with van der Waals surface area (Å²) in [6.07, 6.45) is 7.81. The summed E-state index contributed by atoms with van der Waals surface area (Å²) >= 11 is 0. The number of aromatic amines is 1. The van der Waals surface area contributed by atoms with Gasteiger partial charge >= 0.3 is 0 Å². The smallest absolute Gasteiger partial charge is 0.245 e. The molecule has 0 unspecified atom stereocenters. The van der Waals surface area contributed by atoms with Crippen molar-refractivity contribution >= 4 is 32.7 Å². The molecule has 178 valence electrons. The van der Waals surface area contributed by atoms with Crippen molar-refractivity contribution in [3.05, 3.63) is 59.4 Å². The van der Waals surface area contributed by atoms with Crippen LogP contribution >= 0.6 is 0 Å². The minimum atomic E-state index is -3.69. The normalized spacial score (nSPS) is 17.0. The molecule has 0 spiro atoms. The van der Waals surface area contributed by atoms with E-state index in [4.69, 9.17) is 0 Å². The first-order chi connectivity index (χ1) is 16.4. The summed E-state index contributed by atoms with van der Waals surface area (Å²) < 4.78 is 27.7. The lowest BCUT2D eigenvalue weighted by Gasteiger charge is -2.34. The van der Waals surface area contributed by atoms with E-state index in [1.807, 2.05) is 18.2 Å². The first-order valence-electron chi connectivity index (χ1n) is 11.8. The molecule has 1 aromatic carbocycles. The van der Waals surface area contributed by atoms with Gasteiger partial charge in [-0.2, -0.15) is 4.31 Å². The molecular weight excluding hydrogens is 452 g/mol. The van der Waals surface area contributed by atoms with E-state index in [-0.39, 0.29) is 42.5 Å². The number of carbonyl (C=O) groups is 2. The summed E-state index contributed by atoms with van der Waals surface area (Å²) in [5.74, 6) is -0.129. The van der Waals surface area contributed by atoms with Gasteiger partial charge in [0.1, 0.15) is 10.5 Å². The second kappa shape index (κ2) is 9.31. The van der Waals surface area contributed by atoms with Gasteiger partial charge < -0.3 is 9.88 Å². The monoisotopic (exact) mass is 480 g/mol. The van der Waals surface area contributed by atoms with Gasteiger partial charge in [-0.05, 0) is 55.0 Å². The fourth-order valence-electron chi connectivity index (χ4n) is 4.89. The third-order valence-electron chi connectivity index (χ3n) is 6.86. The number of piperazine rings is 1. The lowest BCUT2D eigenvalue weighted by molar-refractivity contribution is -0.132. The van der Waals surface area contributed by atoms with Crippen LogP contribution in [0, 0.1) is 0 Å². The van der Waals surface area contributed by atoms with E-state index in [9.17, 15) is 18.0 Å². The zero-order chi connectivity index (χ0) is 23.7. The number of H-pyrrole nitrogens is 1. The lowest BCUT2D eigenvalue weighted by atomic mass is 9.89. The van der Waals surface area contributed by atoms with Crippen molar-refractivity contribution in [2.75, 3.05) is 26.2 Å². The number of carbonyl (C=O) groups excluding carboxylic acids is 2. The number of aromatic nitrogens is 2. The first kappa shape index (κ1) is 22.7. The molecule has 1 fully saturated rings. The molecule has 3 aromatic rings. The maximum Gasteiger partial charge on any atom is 0.245 e. The van der Waals surface area contributed by atoms with Crippen LogP contribution in [0.5, 0.6) is 0 Å². The number of nitrogens with one attached hydrogen (secondary N) is 1. The molecule has 0 saturated carbocycles. The van der Waals surface area contributed by atoms with Crippen molar-refractivity contribution in [2.24, 2.45) is 0 Å². The van der Waals surface area contributed by atoms with E-state index < -0.39 is 10.0 Å². The number of nitrogens with zero attached hydrogens (tertiary/aromatic N) is 3. The highest BCUT2D eigenvalue weighted by Gasteiger charge is 2.32. The fraction of sp³-hybridized carbons (Fsp3) is 0.400. The number of hydrogen-bond acceptors (Lipinski definition) is 5. The Hall–Kier alpha value is -3.04. The summed E-state index contributed by atoms with van der Waals surface area (Å²) in [6.45, 7) is 1.07. The molecule has 3 heterocycles. The summed E-state index contributed by atoms with van der Waals surface area (Å²) in [7, 11) is -3.69. The van der Waals surface area contributed by atoms with Crippen molar-refractivity contribution in [3.63, 3.8) is 0 Å². The average molecular weight is 481 g/mol. The van der Waals surface area contributed by atoms with Crippen LogP contribution in [0.4, 0.5) is 0 Å². The SMILES string of the molecule is O=C(CCC(=O)N1CCN(S(=O)(=O)c2c[nH]c3ncccc23)CC1)c1ccc2c(c1)CCCC2. The van der Waals surface area contributed by atoms with Gasteiger partial charge in [-0.3, -0.25) is 9.59 Å². The highest BCUT2D eigenvalue weighted by molar-refractivity contribution is 7.89. The van der Waals surface area contributed by atoms with Gasteiger partial charge in [-0.1, -0.05) is 12.1 Å². The molecule has 1 aliphatic heterocycles. The van der Waals surface area contributed by atoms with Crippen molar-refractivity contribution in [1.29, 1.82) is 0 Å². The molecule has 1 saturated heterocycles. The zero-order valence-electron chi connectivity index (χ0n) is 19.0.